The lowest BCUT2D eigenvalue weighted by Gasteiger charge is -2.08. The molecule has 1 aliphatic rings. The van der Waals surface area contributed by atoms with Crippen LogP contribution in [0.2, 0.25) is 0 Å². The minimum absolute atomic E-state index is 0.0498. The Kier molecular flexibility index (Phi) is 4.46. The van der Waals surface area contributed by atoms with Crippen LogP contribution in [0, 0.1) is 11.8 Å². The zero-order valence-corrected chi connectivity index (χ0v) is 13.0. The summed E-state index contributed by atoms with van der Waals surface area (Å²) >= 11 is 0. The summed E-state index contributed by atoms with van der Waals surface area (Å²) < 4.78 is 1.62. The fourth-order valence-electron chi connectivity index (χ4n) is 2.63. The fraction of sp³-hybridized carbons (Fsp3) is 0.278. The van der Waals surface area contributed by atoms with E-state index >= 15 is 0 Å². The SMILES string of the molecule is O=C(O)C1CC1C(=O)NCc1ccc(Cn2ccccc2=O)cc1. The Morgan fingerprint density at radius 2 is 1.79 bits per heavy atom. The molecule has 0 radical (unpaired) electrons. The monoisotopic (exact) mass is 326 g/mol. The number of benzene rings is 1. The van der Waals surface area contributed by atoms with Crippen LogP contribution in [0.25, 0.3) is 0 Å². The van der Waals surface area contributed by atoms with Crippen LogP contribution in [0.15, 0.2) is 53.5 Å². The number of nitrogens with one attached hydrogen (secondary N) is 1. The number of carboxylic acids is 1. The molecule has 6 heteroatoms. The molecule has 1 aliphatic carbocycles. The van der Waals surface area contributed by atoms with Gasteiger partial charge in [0.1, 0.15) is 0 Å². The van der Waals surface area contributed by atoms with Gasteiger partial charge in [0, 0.05) is 18.8 Å². The van der Waals surface area contributed by atoms with E-state index in [1.54, 1.807) is 16.8 Å². The Bertz CT molecular complexity index is 810. The van der Waals surface area contributed by atoms with Crippen LogP contribution in [-0.2, 0) is 22.7 Å². The van der Waals surface area contributed by atoms with Gasteiger partial charge in [-0.3, -0.25) is 14.4 Å². The summed E-state index contributed by atoms with van der Waals surface area (Å²) in [6, 6.07) is 12.7. The Morgan fingerprint density at radius 3 is 2.42 bits per heavy atom. The second-order valence-corrected chi connectivity index (χ2v) is 5.99. The number of carbonyl (C=O) groups excluding carboxylic acids is 1. The number of carbonyl (C=O) groups is 2. The van der Waals surface area contributed by atoms with Crippen LogP contribution < -0.4 is 10.9 Å². The van der Waals surface area contributed by atoms with Crippen molar-refractivity contribution in [3.8, 4) is 0 Å². The van der Waals surface area contributed by atoms with E-state index in [0.29, 0.717) is 19.5 Å². The lowest BCUT2D eigenvalue weighted by atomic mass is 10.1. The van der Waals surface area contributed by atoms with Gasteiger partial charge in [-0.15, -0.1) is 0 Å². The predicted molar refractivity (Wildman–Crippen MR) is 87.3 cm³/mol. The van der Waals surface area contributed by atoms with Crippen LogP contribution >= 0.6 is 0 Å². The molecule has 24 heavy (non-hydrogen) atoms. The Labute approximate surface area is 138 Å². The maximum absolute atomic E-state index is 11.8. The van der Waals surface area contributed by atoms with Gasteiger partial charge in [0.05, 0.1) is 18.4 Å². The van der Waals surface area contributed by atoms with E-state index < -0.39 is 17.8 Å². The molecule has 2 aromatic rings. The molecule has 1 heterocycles. The first-order chi connectivity index (χ1) is 11.5. The van der Waals surface area contributed by atoms with Gasteiger partial charge in [-0.05, 0) is 23.6 Å². The highest BCUT2D eigenvalue weighted by Gasteiger charge is 2.48. The van der Waals surface area contributed by atoms with E-state index in [4.69, 9.17) is 5.11 Å². The molecule has 2 N–H and O–H groups in total. The summed E-state index contributed by atoms with van der Waals surface area (Å²) in [5.74, 6) is -2.04. The average Bonchev–Trinajstić information content (AvgIpc) is 3.37. The average molecular weight is 326 g/mol. The molecular formula is C18H18N2O4. The fourth-order valence-corrected chi connectivity index (χ4v) is 2.63. The van der Waals surface area contributed by atoms with Crippen molar-refractivity contribution in [1.82, 2.24) is 9.88 Å². The van der Waals surface area contributed by atoms with Crippen molar-refractivity contribution >= 4 is 11.9 Å². The maximum atomic E-state index is 11.8. The van der Waals surface area contributed by atoms with E-state index in [-0.39, 0.29) is 11.5 Å². The summed E-state index contributed by atoms with van der Waals surface area (Å²) in [6.07, 6.45) is 2.16. The van der Waals surface area contributed by atoms with Crippen molar-refractivity contribution in [3.63, 3.8) is 0 Å². The molecular weight excluding hydrogens is 308 g/mol. The first-order valence-corrected chi connectivity index (χ1v) is 7.78. The molecule has 124 valence electrons. The molecule has 6 nitrogen and oxygen atoms in total. The smallest absolute Gasteiger partial charge is 0.307 e. The Hall–Kier alpha value is -2.89. The van der Waals surface area contributed by atoms with Crippen molar-refractivity contribution in [1.29, 1.82) is 0 Å². The van der Waals surface area contributed by atoms with Crippen molar-refractivity contribution in [2.24, 2.45) is 11.8 Å². The van der Waals surface area contributed by atoms with Gasteiger partial charge in [-0.25, -0.2) is 0 Å². The molecule has 2 atom stereocenters. The van der Waals surface area contributed by atoms with Gasteiger partial charge in [-0.1, -0.05) is 30.3 Å². The summed E-state index contributed by atoms with van der Waals surface area (Å²) in [4.78, 5) is 34.3. The van der Waals surface area contributed by atoms with Gasteiger partial charge in [0.2, 0.25) is 5.91 Å². The normalized spacial score (nSPS) is 18.8. The number of aliphatic carboxylic acids is 1. The topological polar surface area (TPSA) is 88.4 Å². The first-order valence-electron chi connectivity index (χ1n) is 7.78. The van der Waals surface area contributed by atoms with E-state index in [9.17, 15) is 14.4 Å². The number of aromatic nitrogens is 1. The molecule has 0 saturated heterocycles. The molecule has 2 unspecified atom stereocenters. The Balaban J connectivity index is 1.54. The van der Waals surface area contributed by atoms with Crippen LogP contribution in [-0.4, -0.2) is 21.6 Å². The molecule has 1 fully saturated rings. The number of nitrogens with zero attached hydrogens (tertiary/aromatic N) is 1. The highest BCUT2D eigenvalue weighted by molar-refractivity contribution is 5.89. The summed E-state index contributed by atoms with van der Waals surface area (Å²) in [7, 11) is 0. The highest BCUT2D eigenvalue weighted by Crippen LogP contribution is 2.38. The summed E-state index contributed by atoms with van der Waals surface area (Å²) in [6.45, 7) is 0.863. The molecule has 1 aromatic carbocycles. The standard InChI is InChI=1S/C18H18N2O4/c21-16-3-1-2-8-20(16)11-13-6-4-12(5-7-13)10-19-17(22)14-9-15(14)18(23)24/h1-8,14-15H,9-11H2,(H,19,22)(H,23,24). The second-order valence-electron chi connectivity index (χ2n) is 5.99. The lowest BCUT2D eigenvalue weighted by molar-refractivity contribution is -0.140. The van der Waals surface area contributed by atoms with Crippen molar-refractivity contribution < 1.29 is 14.7 Å². The molecule has 1 amide bonds. The number of carboxylic acid groups (broad SMARTS) is 1. The third-order valence-corrected chi connectivity index (χ3v) is 4.19. The number of amides is 1. The van der Waals surface area contributed by atoms with Gasteiger partial charge >= 0.3 is 5.97 Å². The quantitative estimate of drug-likeness (QED) is 0.836. The largest absolute Gasteiger partial charge is 0.481 e. The first kappa shape index (κ1) is 16.0. The van der Waals surface area contributed by atoms with Crippen LogP contribution in [0.5, 0.6) is 0 Å². The Morgan fingerprint density at radius 1 is 1.08 bits per heavy atom. The number of pyridine rings is 1. The number of rotatable bonds is 6. The number of hydrogen-bond donors (Lipinski definition) is 2. The van der Waals surface area contributed by atoms with Crippen LogP contribution in [0.4, 0.5) is 0 Å². The minimum atomic E-state index is -0.907. The minimum Gasteiger partial charge on any atom is -0.481 e. The maximum Gasteiger partial charge on any atom is 0.307 e. The van der Waals surface area contributed by atoms with Crippen LogP contribution in [0.1, 0.15) is 17.5 Å². The predicted octanol–water partition coefficient (Wildman–Crippen LogP) is 1.23. The number of hydrogen-bond acceptors (Lipinski definition) is 3. The van der Waals surface area contributed by atoms with E-state index in [2.05, 4.69) is 5.32 Å². The van der Waals surface area contributed by atoms with E-state index in [0.717, 1.165) is 11.1 Å². The van der Waals surface area contributed by atoms with Crippen LogP contribution in [0.3, 0.4) is 0 Å². The van der Waals surface area contributed by atoms with Gasteiger partial charge < -0.3 is 15.0 Å². The molecule has 1 saturated carbocycles. The summed E-state index contributed by atoms with van der Waals surface area (Å²) in [5, 5.41) is 11.6. The molecule has 0 aliphatic heterocycles. The van der Waals surface area contributed by atoms with Crippen molar-refractivity contribution in [3.05, 3.63) is 70.1 Å². The molecule has 1 aromatic heterocycles. The van der Waals surface area contributed by atoms with Gasteiger partial charge in [0.25, 0.3) is 5.56 Å². The van der Waals surface area contributed by atoms with Crippen molar-refractivity contribution in [2.75, 3.05) is 0 Å². The third-order valence-electron chi connectivity index (χ3n) is 4.19. The van der Waals surface area contributed by atoms with Gasteiger partial charge in [-0.2, -0.15) is 0 Å². The molecule has 0 bridgehead atoms. The van der Waals surface area contributed by atoms with E-state index in [1.807, 2.05) is 30.3 Å². The summed E-state index contributed by atoms with van der Waals surface area (Å²) in [5.41, 5.74) is 1.87. The van der Waals surface area contributed by atoms with E-state index in [1.165, 1.54) is 6.07 Å². The second kappa shape index (κ2) is 6.70. The zero-order valence-electron chi connectivity index (χ0n) is 13.0. The third kappa shape index (κ3) is 3.71. The zero-order chi connectivity index (χ0) is 17.1. The van der Waals surface area contributed by atoms with Crippen molar-refractivity contribution in [2.45, 2.75) is 19.5 Å². The van der Waals surface area contributed by atoms with Gasteiger partial charge in [0.15, 0.2) is 0 Å². The molecule has 3 rings (SSSR count). The lowest BCUT2D eigenvalue weighted by Crippen LogP contribution is -2.25. The highest BCUT2D eigenvalue weighted by atomic mass is 16.4. The molecule has 0 spiro atoms.